The molecule has 1 aromatic carbocycles. The number of methoxy groups -OCH3 is 2. The van der Waals surface area contributed by atoms with Crippen LogP contribution in [-0.4, -0.2) is 38.7 Å². The molecule has 8 nitrogen and oxygen atoms in total. The van der Waals surface area contributed by atoms with Gasteiger partial charge in [0.1, 0.15) is 9.90 Å². The molecule has 2 aromatic heterocycles. The minimum absolute atomic E-state index is 0.0336. The van der Waals surface area contributed by atoms with Gasteiger partial charge in [-0.1, -0.05) is 11.6 Å². The molecule has 138 valence electrons. The Kier molecular flexibility index (Phi) is 4.74. The van der Waals surface area contributed by atoms with Gasteiger partial charge in [-0.3, -0.25) is 4.72 Å². The molecule has 0 saturated heterocycles. The van der Waals surface area contributed by atoms with Gasteiger partial charge in [0.05, 0.1) is 29.8 Å². The smallest absolute Gasteiger partial charge is 0.354 e. The largest absolute Gasteiger partial charge is 0.493 e. The lowest BCUT2D eigenvalue weighted by molar-refractivity contribution is 0.0692. The number of aromatic amines is 1. The molecule has 3 aromatic rings. The fourth-order valence-electron chi connectivity index (χ4n) is 2.41. The lowest BCUT2D eigenvalue weighted by atomic mass is 10.2. The van der Waals surface area contributed by atoms with E-state index >= 15 is 0 Å². The Bertz CT molecular complexity index is 1100. The zero-order chi connectivity index (χ0) is 19.1. The molecule has 0 radical (unpaired) electrons. The Labute approximate surface area is 157 Å². The van der Waals surface area contributed by atoms with Crippen LogP contribution in [0.1, 0.15) is 10.5 Å². The van der Waals surface area contributed by atoms with E-state index in [9.17, 15) is 18.3 Å². The van der Waals surface area contributed by atoms with Gasteiger partial charge in [-0.05, 0) is 18.2 Å². The van der Waals surface area contributed by atoms with E-state index in [0.717, 1.165) is 11.3 Å². The minimum atomic E-state index is -4.02. The number of nitrogens with one attached hydrogen (secondary N) is 2. The summed E-state index contributed by atoms with van der Waals surface area (Å²) in [6.45, 7) is 0. The Balaban J connectivity index is 2.20. The van der Waals surface area contributed by atoms with Crippen LogP contribution < -0.4 is 14.2 Å². The summed E-state index contributed by atoms with van der Waals surface area (Å²) < 4.78 is 38.2. The first kappa shape index (κ1) is 18.4. The third-order valence-electron chi connectivity index (χ3n) is 3.57. The average Bonchev–Trinajstić information content (AvgIpc) is 3.17. The normalized spacial score (nSPS) is 11.5. The molecule has 0 saturated carbocycles. The number of halogens is 1. The van der Waals surface area contributed by atoms with Gasteiger partial charge < -0.3 is 19.6 Å². The first-order valence-electron chi connectivity index (χ1n) is 7.06. The number of rotatable bonds is 6. The van der Waals surface area contributed by atoms with Gasteiger partial charge >= 0.3 is 5.97 Å². The average molecular weight is 417 g/mol. The molecule has 0 unspecified atom stereocenters. The number of carboxylic acid groups (broad SMARTS) is 1. The predicted octanol–water partition coefficient (Wildman–Crippen LogP) is 3.40. The summed E-state index contributed by atoms with van der Waals surface area (Å²) in [4.78, 5) is 14.3. The van der Waals surface area contributed by atoms with Crippen molar-refractivity contribution in [2.45, 2.75) is 4.21 Å². The zero-order valence-electron chi connectivity index (χ0n) is 13.5. The van der Waals surface area contributed by atoms with E-state index in [2.05, 4.69) is 9.71 Å². The molecule has 11 heteroatoms. The molecule has 0 aliphatic heterocycles. The topological polar surface area (TPSA) is 118 Å². The summed E-state index contributed by atoms with van der Waals surface area (Å²) in [6, 6.07) is 5.81. The maximum absolute atomic E-state index is 12.6. The molecule has 0 spiro atoms. The van der Waals surface area contributed by atoms with E-state index in [1.54, 1.807) is 0 Å². The van der Waals surface area contributed by atoms with Crippen LogP contribution in [0.2, 0.25) is 4.34 Å². The maximum atomic E-state index is 12.6. The quantitative estimate of drug-likeness (QED) is 0.566. The molecule has 2 heterocycles. The lowest BCUT2D eigenvalue weighted by Crippen LogP contribution is -2.14. The van der Waals surface area contributed by atoms with E-state index in [0.29, 0.717) is 26.7 Å². The molecule has 3 rings (SSSR count). The molecular weight excluding hydrogens is 404 g/mol. The summed E-state index contributed by atoms with van der Waals surface area (Å²) in [5, 5.41) is 9.77. The number of hydrogen-bond donors (Lipinski definition) is 3. The Hall–Kier alpha value is -2.43. The first-order chi connectivity index (χ1) is 12.3. The van der Waals surface area contributed by atoms with E-state index in [1.807, 2.05) is 0 Å². The van der Waals surface area contributed by atoms with Crippen LogP contribution in [-0.2, 0) is 10.0 Å². The fourth-order valence-corrected chi connectivity index (χ4v) is 4.99. The molecular formula is C15H13ClN2O6S2. The van der Waals surface area contributed by atoms with E-state index in [-0.39, 0.29) is 15.6 Å². The summed E-state index contributed by atoms with van der Waals surface area (Å²) in [5.74, 6) is -0.616. The van der Waals surface area contributed by atoms with Crippen molar-refractivity contribution in [2.75, 3.05) is 18.9 Å². The van der Waals surface area contributed by atoms with Crippen molar-refractivity contribution in [3.8, 4) is 11.5 Å². The summed E-state index contributed by atoms with van der Waals surface area (Å²) >= 11 is 6.66. The molecule has 0 amide bonds. The van der Waals surface area contributed by atoms with Gasteiger partial charge in [0.25, 0.3) is 10.0 Å². The van der Waals surface area contributed by atoms with E-state index < -0.39 is 16.0 Å². The number of ether oxygens (including phenoxy) is 2. The van der Waals surface area contributed by atoms with Crippen molar-refractivity contribution in [2.24, 2.45) is 0 Å². The Morgan fingerprint density at radius 1 is 1.23 bits per heavy atom. The number of benzene rings is 1. The molecule has 0 aliphatic carbocycles. The van der Waals surface area contributed by atoms with Crippen molar-refractivity contribution in [3.05, 3.63) is 34.3 Å². The number of sulfonamides is 1. The van der Waals surface area contributed by atoms with E-state index in [4.69, 9.17) is 21.1 Å². The number of aromatic nitrogens is 1. The summed E-state index contributed by atoms with van der Waals surface area (Å²) in [7, 11) is -1.15. The minimum Gasteiger partial charge on any atom is -0.493 e. The van der Waals surface area contributed by atoms with Gasteiger partial charge in [0, 0.05) is 11.5 Å². The standard InChI is InChI=1S/C15H13ClN2O6S2/c1-23-9-5-7-8(6-10(9)24-2)17-14(15(19)20)13(7)18-26(21,22)12-4-3-11(16)25-12/h3-6,17-18H,1-2H3,(H,19,20). The molecule has 0 atom stereocenters. The van der Waals surface area contributed by atoms with Crippen LogP contribution in [0, 0.1) is 0 Å². The SMILES string of the molecule is COc1cc2[nH]c(C(=O)O)c(NS(=O)(=O)c3ccc(Cl)s3)c2cc1OC. The highest BCUT2D eigenvalue weighted by Crippen LogP contribution is 2.38. The van der Waals surface area contributed by atoms with Crippen molar-refractivity contribution in [1.29, 1.82) is 0 Å². The van der Waals surface area contributed by atoms with Crippen molar-refractivity contribution < 1.29 is 27.8 Å². The monoisotopic (exact) mass is 416 g/mol. The van der Waals surface area contributed by atoms with Crippen molar-refractivity contribution in [3.63, 3.8) is 0 Å². The molecule has 3 N–H and O–H groups in total. The number of fused-ring (bicyclic) bond motifs is 1. The third kappa shape index (κ3) is 3.18. The van der Waals surface area contributed by atoms with Crippen molar-refractivity contribution in [1.82, 2.24) is 4.98 Å². The summed E-state index contributed by atoms with van der Waals surface area (Å²) in [5.41, 5.74) is -0.0264. The van der Waals surface area contributed by atoms with Gasteiger partial charge in [0.15, 0.2) is 11.5 Å². The zero-order valence-corrected chi connectivity index (χ0v) is 15.9. The highest BCUT2D eigenvalue weighted by molar-refractivity contribution is 7.94. The second kappa shape index (κ2) is 6.71. The number of carboxylic acids is 1. The van der Waals surface area contributed by atoms with Crippen LogP contribution >= 0.6 is 22.9 Å². The van der Waals surface area contributed by atoms with Gasteiger partial charge in [-0.25, -0.2) is 13.2 Å². The highest BCUT2D eigenvalue weighted by atomic mass is 35.5. The van der Waals surface area contributed by atoms with E-state index in [1.165, 1.54) is 38.5 Å². The van der Waals surface area contributed by atoms with Gasteiger partial charge in [0.2, 0.25) is 0 Å². The van der Waals surface area contributed by atoms with Crippen LogP contribution in [0.3, 0.4) is 0 Å². The van der Waals surface area contributed by atoms with Gasteiger partial charge in [-0.15, -0.1) is 11.3 Å². The second-order valence-electron chi connectivity index (χ2n) is 5.10. The number of carbonyl (C=O) groups is 1. The number of thiophene rings is 1. The number of hydrogen-bond acceptors (Lipinski definition) is 6. The predicted molar refractivity (Wildman–Crippen MR) is 98.5 cm³/mol. The Morgan fingerprint density at radius 3 is 2.42 bits per heavy atom. The van der Waals surface area contributed by atoms with Crippen LogP contribution in [0.4, 0.5) is 5.69 Å². The lowest BCUT2D eigenvalue weighted by Gasteiger charge is -2.09. The molecule has 26 heavy (non-hydrogen) atoms. The fraction of sp³-hybridized carbons (Fsp3) is 0.133. The van der Waals surface area contributed by atoms with Crippen LogP contribution in [0.25, 0.3) is 10.9 Å². The first-order valence-corrected chi connectivity index (χ1v) is 9.73. The molecule has 0 fully saturated rings. The Morgan fingerprint density at radius 2 is 1.88 bits per heavy atom. The summed E-state index contributed by atoms with van der Waals surface area (Å²) in [6.07, 6.45) is 0. The van der Waals surface area contributed by atoms with Crippen LogP contribution in [0.15, 0.2) is 28.5 Å². The third-order valence-corrected chi connectivity index (χ3v) is 6.64. The number of aromatic carboxylic acids is 1. The van der Waals surface area contributed by atoms with Crippen molar-refractivity contribution >= 4 is 55.5 Å². The second-order valence-corrected chi connectivity index (χ2v) is 8.72. The molecule has 0 aliphatic rings. The van der Waals surface area contributed by atoms with Crippen LogP contribution in [0.5, 0.6) is 11.5 Å². The molecule has 0 bridgehead atoms. The number of H-pyrrole nitrogens is 1. The number of anilines is 1. The highest BCUT2D eigenvalue weighted by Gasteiger charge is 2.25. The maximum Gasteiger partial charge on any atom is 0.354 e. The van der Waals surface area contributed by atoms with Gasteiger partial charge in [-0.2, -0.15) is 0 Å².